The topological polar surface area (TPSA) is 54.3 Å². The Balaban J connectivity index is 1.69. The first-order valence-electron chi connectivity index (χ1n) is 8.05. The van der Waals surface area contributed by atoms with Crippen molar-refractivity contribution in [3.8, 4) is 5.75 Å². The van der Waals surface area contributed by atoms with E-state index in [0.29, 0.717) is 10.9 Å². The first kappa shape index (κ1) is 15.9. The molecule has 2 aliphatic rings. The second-order valence-corrected chi connectivity index (χ2v) is 6.77. The summed E-state index contributed by atoms with van der Waals surface area (Å²) in [5.74, 6) is 1.11. The lowest BCUT2D eigenvalue weighted by Crippen LogP contribution is -2.23. The smallest absolute Gasteiger partial charge is 0.258 e. The molecule has 0 N–H and O–H groups in total. The van der Waals surface area contributed by atoms with E-state index in [9.17, 15) is 4.79 Å². The molecule has 0 radical (unpaired) electrons. The summed E-state index contributed by atoms with van der Waals surface area (Å²) in [5, 5.41) is 7.37. The molecule has 0 bridgehead atoms. The number of amides is 1. The van der Waals surface area contributed by atoms with Gasteiger partial charge in [-0.1, -0.05) is 42.1 Å². The Hall–Kier alpha value is -2.60. The van der Waals surface area contributed by atoms with Crippen LogP contribution in [0.5, 0.6) is 5.75 Å². The van der Waals surface area contributed by atoms with Gasteiger partial charge < -0.3 is 4.74 Å². The third-order valence-electron chi connectivity index (χ3n) is 4.26. The number of amidine groups is 1. The molecule has 0 saturated heterocycles. The molecule has 0 spiro atoms. The van der Waals surface area contributed by atoms with Gasteiger partial charge in [0.1, 0.15) is 5.75 Å². The van der Waals surface area contributed by atoms with Gasteiger partial charge in [-0.15, -0.1) is 0 Å². The lowest BCUT2D eigenvalue weighted by molar-refractivity contribution is -0.115. The summed E-state index contributed by atoms with van der Waals surface area (Å²) in [6.07, 6.45) is 0.768. The Bertz CT molecular complexity index is 847. The van der Waals surface area contributed by atoms with Crippen molar-refractivity contribution in [3.05, 3.63) is 65.7 Å². The fourth-order valence-electron chi connectivity index (χ4n) is 2.99. The minimum atomic E-state index is -0.0973. The van der Waals surface area contributed by atoms with E-state index in [2.05, 4.69) is 17.1 Å². The molecule has 0 aliphatic carbocycles. The highest BCUT2D eigenvalue weighted by atomic mass is 32.2. The fourth-order valence-corrected chi connectivity index (χ4v) is 3.78. The number of benzene rings is 2. The van der Waals surface area contributed by atoms with Crippen LogP contribution < -0.4 is 4.74 Å². The van der Waals surface area contributed by atoms with Crippen LogP contribution in [-0.4, -0.2) is 34.7 Å². The van der Waals surface area contributed by atoms with Crippen LogP contribution in [0.3, 0.4) is 0 Å². The summed E-state index contributed by atoms with van der Waals surface area (Å²) in [6.45, 7) is 0. The van der Waals surface area contributed by atoms with Crippen LogP contribution in [-0.2, 0) is 4.79 Å². The van der Waals surface area contributed by atoms with Crippen LogP contribution >= 0.6 is 11.8 Å². The highest BCUT2D eigenvalue weighted by Crippen LogP contribution is 2.36. The molecule has 1 amide bonds. The lowest BCUT2D eigenvalue weighted by Gasteiger charge is -2.22. The van der Waals surface area contributed by atoms with Crippen LogP contribution in [0.15, 0.2) is 64.7 Å². The minimum absolute atomic E-state index is 0.0513. The molecular weight excluding hydrogens is 334 g/mol. The van der Waals surface area contributed by atoms with Crippen molar-refractivity contribution in [2.75, 3.05) is 12.9 Å². The van der Waals surface area contributed by atoms with E-state index in [-0.39, 0.29) is 11.9 Å². The number of ether oxygens (including phenoxy) is 1. The zero-order valence-electron chi connectivity index (χ0n) is 13.8. The van der Waals surface area contributed by atoms with Gasteiger partial charge >= 0.3 is 0 Å². The molecule has 0 aromatic heterocycles. The molecule has 126 valence electrons. The average molecular weight is 351 g/mol. The molecule has 2 aromatic carbocycles. The van der Waals surface area contributed by atoms with Crippen LogP contribution in [0.4, 0.5) is 0 Å². The van der Waals surface area contributed by atoms with E-state index in [0.717, 1.165) is 29.0 Å². The third-order valence-corrected chi connectivity index (χ3v) is 5.19. The van der Waals surface area contributed by atoms with E-state index >= 15 is 0 Å². The quantitative estimate of drug-likeness (QED) is 0.850. The SMILES string of the molecule is COc1ccc(C2=NN(C3=NC(=O)CS3)C(c3ccccc3)C2)cc1. The van der Waals surface area contributed by atoms with Crippen molar-refractivity contribution in [3.63, 3.8) is 0 Å². The molecule has 6 heteroatoms. The third kappa shape index (κ3) is 3.17. The van der Waals surface area contributed by atoms with Gasteiger partial charge in [0.15, 0.2) is 5.17 Å². The van der Waals surface area contributed by atoms with Crippen LogP contribution in [0.25, 0.3) is 0 Å². The summed E-state index contributed by atoms with van der Waals surface area (Å²) >= 11 is 1.45. The number of nitrogens with zero attached hydrogens (tertiary/aromatic N) is 3. The van der Waals surface area contributed by atoms with Crippen LogP contribution in [0.1, 0.15) is 23.6 Å². The summed E-state index contributed by atoms with van der Waals surface area (Å²) in [4.78, 5) is 15.7. The monoisotopic (exact) mass is 351 g/mol. The summed E-state index contributed by atoms with van der Waals surface area (Å²) in [7, 11) is 1.65. The van der Waals surface area contributed by atoms with E-state index in [4.69, 9.17) is 9.84 Å². The standard InChI is InChI=1S/C19H17N3O2S/c1-24-15-9-7-13(8-10-15)16-11-17(14-5-3-2-4-6-14)22(21-16)19-20-18(23)12-25-19/h2-10,17H,11-12H2,1H3. The van der Waals surface area contributed by atoms with Gasteiger partial charge in [0, 0.05) is 6.42 Å². The first-order chi connectivity index (χ1) is 12.2. The molecule has 0 fully saturated rings. The number of carbonyl (C=O) groups excluding carboxylic acids is 1. The van der Waals surface area contributed by atoms with Crippen molar-refractivity contribution < 1.29 is 9.53 Å². The molecule has 2 aliphatic heterocycles. The number of carbonyl (C=O) groups is 1. The number of thioether (sulfide) groups is 1. The summed E-state index contributed by atoms with van der Waals surface area (Å²) < 4.78 is 5.23. The number of hydrogen-bond donors (Lipinski definition) is 0. The Morgan fingerprint density at radius 3 is 2.52 bits per heavy atom. The maximum Gasteiger partial charge on any atom is 0.258 e. The molecule has 4 rings (SSSR count). The number of hydrogen-bond acceptors (Lipinski definition) is 5. The van der Waals surface area contributed by atoms with E-state index in [1.165, 1.54) is 11.8 Å². The van der Waals surface area contributed by atoms with Gasteiger partial charge in [-0.2, -0.15) is 10.1 Å². The van der Waals surface area contributed by atoms with Crippen molar-refractivity contribution in [1.82, 2.24) is 5.01 Å². The Morgan fingerprint density at radius 2 is 1.88 bits per heavy atom. The van der Waals surface area contributed by atoms with Gasteiger partial charge in [-0.25, -0.2) is 5.01 Å². The van der Waals surface area contributed by atoms with Crippen molar-refractivity contribution in [2.45, 2.75) is 12.5 Å². The van der Waals surface area contributed by atoms with Crippen molar-refractivity contribution >= 4 is 28.5 Å². The van der Waals surface area contributed by atoms with Gasteiger partial charge in [-0.3, -0.25) is 4.79 Å². The molecule has 1 atom stereocenters. The maximum absolute atomic E-state index is 11.6. The second-order valence-electron chi connectivity index (χ2n) is 5.83. The fraction of sp³-hybridized carbons (Fsp3) is 0.211. The maximum atomic E-state index is 11.6. The molecule has 25 heavy (non-hydrogen) atoms. The predicted octanol–water partition coefficient (Wildman–Crippen LogP) is 3.48. The zero-order valence-corrected chi connectivity index (χ0v) is 14.6. The van der Waals surface area contributed by atoms with Crippen LogP contribution in [0, 0.1) is 0 Å². The molecule has 2 aromatic rings. The molecule has 1 unspecified atom stereocenters. The average Bonchev–Trinajstić information content (AvgIpc) is 3.29. The van der Waals surface area contributed by atoms with E-state index < -0.39 is 0 Å². The van der Waals surface area contributed by atoms with Gasteiger partial charge in [-0.05, 0) is 35.4 Å². The Labute approximate surface area is 150 Å². The van der Waals surface area contributed by atoms with E-state index in [1.807, 2.05) is 47.5 Å². The second kappa shape index (κ2) is 6.72. The van der Waals surface area contributed by atoms with Crippen molar-refractivity contribution in [1.29, 1.82) is 0 Å². The van der Waals surface area contributed by atoms with Gasteiger partial charge in [0.2, 0.25) is 0 Å². The summed E-state index contributed by atoms with van der Waals surface area (Å²) in [5.41, 5.74) is 3.20. The Morgan fingerprint density at radius 1 is 1.12 bits per heavy atom. The lowest BCUT2D eigenvalue weighted by atomic mass is 9.98. The normalized spacial score (nSPS) is 19.8. The molecule has 0 saturated carbocycles. The van der Waals surface area contributed by atoms with Crippen LogP contribution in [0.2, 0.25) is 0 Å². The van der Waals surface area contributed by atoms with Gasteiger partial charge in [0.05, 0.1) is 24.6 Å². The predicted molar refractivity (Wildman–Crippen MR) is 100 cm³/mol. The summed E-state index contributed by atoms with van der Waals surface area (Å²) in [6, 6.07) is 18.2. The van der Waals surface area contributed by atoms with E-state index in [1.54, 1.807) is 7.11 Å². The first-order valence-corrected chi connectivity index (χ1v) is 9.03. The largest absolute Gasteiger partial charge is 0.497 e. The number of aliphatic imine (C=N–C) groups is 1. The number of hydrazone groups is 1. The zero-order chi connectivity index (χ0) is 17.2. The molecule has 5 nitrogen and oxygen atoms in total. The number of methoxy groups -OCH3 is 1. The number of rotatable bonds is 3. The molecular formula is C19H17N3O2S. The van der Waals surface area contributed by atoms with Gasteiger partial charge in [0.25, 0.3) is 5.91 Å². The highest BCUT2D eigenvalue weighted by molar-refractivity contribution is 8.14. The Kier molecular flexibility index (Phi) is 4.28. The minimum Gasteiger partial charge on any atom is -0.497 e. The highest BCUT2D eigenvalue weighted by Gasteiger charge is 2.34. The molecule has 2 heterocycles. The van der Waals surface area contributed by atoms with Crippen molar-refractivity contribution in [2.24, 2.45) is 10.1 Å².